The Hall–Kier alpha value is -1.83. The molecular formula is C21H29BClNO5. The van der Waals surface area contributed by atoms with Crippen LogP contribution < -0.4 is 5.32 Å². The van der Waals surface area contributed by atoms with Crippen LogP contribution >= 0.6 is 11.6 Å². The molecule has 2 rings (SSSR count). The summed E-state index contributed by atoms with van der Waals surface area (Å²) in [6, 6.07) is 5.18. The van der Waals surface area contributed by atoms with Gasteiger partial charge in [0.2, 0.25) is 0 Å². The van der Waals surface area contributed by atoms with Crippen molar-refractivity contribution in [2.75, 3.05) is 6.54 Å². The number of hydrogen-bond acceptors (Lipinski definition) is 5. The number of ether oxygens (including phenoxy) is 1. The number of nitrogens with one attached hydrogen (secondary N) is 1. The quantitative estimate of drug-likeness (QED) is 0.551. The van der Waals surface area contributed by atoms with Crippen LogP contribution in [-0.4, -0.2) is 42.8 Å². The van der Waals surface area contributed by atoms with Gasteiger partial charge in [-0.15, -0.1) is 0 Å². The van der Waals surface area contributed by atoms with Crippen LogP contribution in [0.25, 0.3) is 6.08 Å². The highest BCUT2D eigenvalue weighted by atomic mass is 35.5. The number of carbonyl (C=O) groups is 2. The fourth-order valence-electron chi connectivity index (χ4n) is 2.69. The first kappa shape index (κ1) is 23.5. The number of benzene rings is 1. The van der Waals surface area contributed by atoms with Crippen molar-refractivity contribution in [3.63, 3.8) is 0 Å². The summed E-state index contributed by atoms with van der Waals surface area (Å²) in [5, 5.41) is 3.08. The van der Waals surface area contributed by atoms with Crippen molar-refractivity contribution in [2.24, 2.45) is 0 Å². The van der Waals surface area contributed by atoms with Crippen molar-refractivity contribution in [1.82, 2.24) is 5.32 Å². The van der Waals surface area contributed by atoms with Crippen molar-refractivity contribution in [2.45, 2.75) is 65.3 Å². The van der Waals surface area contributed by atoms with E-state index in [2.05, 4.69) is 5.32 Å². The lowest BCUT2D eigenvalue weighted by Crippen LogP contribution is -2.41. The summed E-state index contributed by atoms with van der Waals surface area (Å²) in [7, 11) is -0.701. The topological polar surface area (TPSA) is 73.9 Å². The molecule has 1 saturated heterocycles. The average Bonchev–Trinajstić information content (AvgIpc) is 2.77. The number of hydrogen-bond donors (Lipinski definition) is 1. The van der Waals surface area contributed by atoms with Gasteiger partial charge in [-0.1, -0.05) is 29.8 Å². The number of rotatable bonds is 5. The lowest BCUT2D eigenvalue weighted by atomic mass is 9.76. The van der Waals surface area contributed by atoms with E-state index in [1.165, 1.54) is 0 Å². The Kier molecular flexibility index (Phi) is 6.88. The number of amides is 1. The van der Waals surface area contributed by atoms with Crippen LogP contribution in [0.3, 0.4) is 0 Å². The minimum absolute atomic E-state index is 0.122. The Morgan fingerprint density at radius 3 is 2.31 bits per heavy atom. The number of aldehydes is 1. The first-order chi connectivity index (χ1) is 13.3. The maximum absolute atomic E-state index is 12.1. The monoisotopic (exact) mass is 421 g/mol. The molecule has 8 heteroatoms. The minimum atomic E-state index is -0.701. The molecule has 0 aliphatic carbocycles. The lowest BCUT2D eigenvalue weighted by molar-refractivity contribution is 0.00578. The Morgan fingerprint density at radius 2 is 1.79 bits per heavy atom. The van der Waals surface area contributed by atoms with Gasteiger partial charge >= 0.3 is 13.2 Å². The molecule has 1 N–H and O–H groups in total. The van der Waals surface area contributed by atoms with Gasteiger partial charge in [0.05, 0.1) is 16.2 Å². The van der Waals surface area contributed by atoms with Gasteiger partial charge in [-0.3, -0.25) is 4.79 Å². The number of halogens is 1. The molecule has 1 aromatic rings. The zero-order valence-electron chi connectivity index (χ0n) is 18.1. The van der Waals surface area contributed by atoms with E-state index in [1.54, 1.807) is 45.0 Å². The molecule has 29 heavy (non-hydrogen) atoms. The van der Waals surface area contributed by atoms with Crippen LogP contribution in [0.1, 0.15) is 64.4 Å². The summed E-state index contributed by atoms with van der Waals surface area (Å²) in [6.07, 6.45) is 1.91. The molecule has 0 unspecified atom stereocenters. The second-order valence-corrected chi connectivity index (χ2v) is 9.43. The van der Waals surface area contributed by atoms with Crippen LogP contribution in [0.2, 0.25) is 5.02 Å². The van der Waals surface area contributed by atoms with Gasteiger partial charge in [0.15, 0.2) is 6.29 Å². The Morgan fingerprint density at radius 1 is 1.21 bits per heavy atom. The molecular weight excluding hydrogens is 392 g/mol. The van der Waals surface area contributed by atoms with Crippen molar-refractivity contribution in [1.29, 1.82) is 0 Å². The predicted molar refractivity (Wildman–Crippen MR) is 115 cm³/mol. The Bertz CT molecular complexity index is 798. The summed E-state index contributed by atoms with van der Waals surface area (Å²) in [4.78, 5) is 23.7. The van der Waals surface area contributed by atoms with E-state index in [1.807, 2.05) is 27.7 Å². The Labute approximate surface area is 178 Å². The largest absolute Gasteiger partial charge is 0.492 e. The zero-order valence-corrected chi connectivity index (χ0v) is 18.8. The van der Waals surface area contributed by atoms with E-state index in [9.17, 15) is 9.59 Å². The second kappa shape index (κ2) is 8.50. The van der Waals surface area contributed by atoms with E-state index in [4.69, 9.17) is 25.6 Å². The van der Waals surface area contributed by atoms with Gasteiger partial charge in [0, 0.05) is 12.1 Å². The van der Waals surface area contributed by atoms with Gasteiger partial charge in [0.1, 0.15) is 5.60 Å². The molecule has 0 aromatic heterocycles. The number of alkyl carbamates (subject to hydrolysis) is 1. The van der Waals surface area contributed by atoms with Crippen molar-refractivity contribution < 1.29 is 23.6 Å². The third-order valence-electron chi connectivity index (χ3n) is 4.94. The summed E-state index contributed by atoms with van der Waals surface area (Å²) < 4.78 is 17.6. The van der Waals surface area contributed by atoms with Gasteiger partial charge < -0.3 is 19.4 Å². The molecule has 1 aliphatic rings. The normalized spacial score (nSPS) is 18.5. The molecule has 0 atom stereocenters. The van der Waals surface area contributed by atoms with Gasteiger partial charge in [-0.2, -0.15) is 0 Å². The highest BCUT2D eigenvalue weighted by molar-refractivity contribution is 6.56. The molecule has 0 spiro atoms. The van der Waals surface area contributed by atoms with E-state index < -0.39 is 30.0 Å². The molecule has 0 radical (unpaired) electrons. The highest BCUT2D eigenvalue weighted by Crippen LogP contribution is 2.39. The summed E-state index contributed by atoms with van der Waals surface area (Å²) >= 11 is 6.15. The fourth-order valence-corrected chi connectivity index (χ4v) is 2.92. The molecule has 158 valence electrons. The van der Waals surface area contributed by atoms with Crippen molar-refractivity contribution in [3.8, 4) is 0 Å². The summed E-state index contributed by atoms with van der Waals surface area (Å²) in [5.74, 6) is 0. The van der Waals surface area contributed by atoms with Crippen LogP contribution in [0, 0.1) is 0 Å². The van der Waals surface area contributed by atoms with Crippen LogP contribution in [0.5, 0.6) is 0 Å². The molecule has 6 nitrogen and oxygen atoms in total. The smallest absolute Gasteiger partial charge is 0.444 e. The first-order valence-electron chi connectivity index (χ1n) is 9.52. The van der Waals surface area contributed by atoms with Crippen LogP contribution in [0.15, 0.2) is 23.7 Å². The highest BCUT2D eigenvalue weighted by Gasteiger charge is 2.52. The molecule has 1 fully saturated rings. The lowest BCUT2D eigenvalue weighted by Gasteiger charge is -2.32. The van der Waals surface area contributed by atoms with Crippen LogP contribution in [-0.2, 0) is 14.0 Å². The molecule has 1 amide bonds. The maximum atomic E-state index is 12.1. The average molecular weight is 422 g/mol. The van der Waals surface area contributed by atoms with E-state index in [0.29, 0.717) is 27.9 Å². The van der Waals surface area contributed by atoms with Crippen LogP contribution in [0.4, 0.5) is 4.79 Å². The Balaban J connectivity index is 2.36. The molecule has 0 bridgehead atoms. The molecule has 1 heterocycles. The zero-order chi connectivity index (χ0) is 22.0. The molecule has 1 aromatic carbocycles. The van der Waals surface area contributed by atoms with Gasteiger partial charge in [0.25, 0.3) is 0 Å². The van der Waals surface area contributed by atoms with Crippen molar-refractivity contribution >= 4 is 37.2 Å². The summed E-state index contributed by atoms with van der Waals surface area (Å²) in [5.41, 5.74) is -0.103. The summed E-state index contributed by atoms with van der Waals surface area (Å²) in [6.45, 7) is 13.3. The second-order valence-electron chi connectivity index (χ2n) is 9.02. The van der Waals surface area contributed by atoms with Gasteiger partial charge in [-0.25, -0.2) is 4.79 Å². The van der Waals surface area contributed by atoms with E-state index in [-0.39, 0.29) is 6.54 Å². The molecule has 0 saturated carbocycles. The fraction of sp³-hybridized carbons (Fsp3) is 0.524. The van der Waals surface area contributed by atoms with E-state index in [0.717, 1.165) is 0 Å². The van der Waals surface area contributed by atoms with E-state index >= 15 is 0 Å². The predicted octanol–water partition coefficient (Wildman–Crippen LogP) is 4.69. The third-order valence-corrected chi connectivity index (χ3v) is 5.27. The molecule has 1 aliphatic heterocycles. The number of carbonyl (C=O) groups excluding carboxylic acids is 2. The standard InChI is InChI=1S/C21H29BClNO5/c1-19(2,3)27-18(26)24-12-15(22-28-20(4,5)21(6,7)29-22)11-14-9-8-10-17(23)16(14)13-25/h8-11,13H,12H2,1-7H3,(H,24,26). The SMILES string of the molecule is CC(C)(C)OC(=O)NCC(=Cc1cccc(Cl)c1C=O)B1OC(C)(C)C(C)(C)O1. The third kappa shape index (κ3) is 5.84. The van der Waals surface area contributed by atoms with Crippen molar-refractivity contribution in [3.05, 3.63) is 39.8 Å². The maximum Gasteiger partial charge on any atom is 0.492 e. The first-order valence-corrected chi connectivity index (χ1v) is 9.90. The van der Waals surface area contributed by atoms with Gasteiger partial charge in [-0.05, 0) is 65.6 Å². The minimum Gasteiger partial charge on any atom is -0.444 e.